The van der Waals surface area contributed by atoms with Crippen molar-refractivity contribution in [3.8, 4) is 22.6 Å². The first kappa shape index (κ1) is 41.7. The zero-order valence-corrected chi connectivity index (χ0v) is 33.4. The summed E-state index contributed by atoms with van der Waals surface area (Å²) in [6.45, 7) is 8.90. The fraction of sp³-hybridized carbons (Fsp3) is 0.325. The molecule has 0 saturated carbocycles. The summed E-state index contributed by atoms with van der Waals surface area (Å²) in [5.74, 6) is 2.05. The molecule has 4 aromatic carbocycles. The Morgan fingerprint density at radius 3 is 1.36 bits per heavy atom. The number of aromatic nitrogens is 1. The van der Waals surface area contributed by atoms with E-state index < -0.39 is 0 Å². The molecular weight excluding hydrogens is 745 g/mol. The smallest absolute Gasteiger partial charge is 0.670 e. The van der Waals surface area contributed by atoms with Gasteiger partial charge in [-0.05, 0) is 17.9 Å². The van der Waals surface area contributed by atoms with Crippen molar-refractivity contribution in [1.82, 2.24) is 4.98 Å². The molecule has 0 aliphatic rings. The van der Waals surface area contributed by atoms with Gasteiger partial charge in [0.25, 0.3) is 0 Å². The molecule has 0 amide bonds. The van der Waals surface area contributed by atoms with Gasteiger partial charge in [0.05, 0.1) is 0 Å². The molecule has 0 spiro atoms. The molecule has 6 nitrogen and oxygen atoms in total. The monoisotopic (exact) mass is 797 g/mol. The molecule has 0 saturated heterocycles. The van der Waals surface area contributed by atoms with Crippen LogP contribution in [0.4, 0.5) is 5.69 Å². The van der Waals surface area contributed by atoms with Crippen molar-refractivity contribution in [2.24, 2.45) is 0 Å². The van der Waals surface area contributed by atoms with Crippen molar-refractivity contribution in [3.63, 3.8) is 0 Å². The zero-order valence-electron chi connectivity index (χ0n) is 29.8. The SMILES string of the molecule is CC(C)c1cccc(C(C)C)c1[N-]C(c1ccccc1)c1nc(-c2ccccc2)c(-c2ccccc2)o1.C[N-]C.C[N-]C.C[N-]C.[Hf+4]. The summed E-state index contributed by atoms with van der Waals surface area (Å²) in [4.78, 5) is 5.12. The molecule has 47 heavy (non-hydrogen) atoms. The van der Waals surface area contributed by atoms with Gasteiger partial charge in [0.15, 0.2) is 11.7 Å². The number of rotatable bonds is 8. The molecule has 0 radical (unpaired) electrons. The van der Waals surface area contributed by atoms with Gasteiger partial charge in [0, 0.05) is 11.1 Å². The van der Waals surface area contributed by atoms with Gasteiger partial charge in [-0.2, -0.15) is 42.3 Å². The van der Waals surface area contributed by atoms with Crippen LogP contribution in [0.5, 0.6) is 0 Å². The summed E-state index contributed by atoms with van der Waals surface area (Å²) >= 11 is 0. The Kier molecular flexibility index (Phi) is 20.4. The topological polar surface area (TPSA) is 82.4 Å². The zero-order chi connectivity index (χ0) is 33.9. The molecule has 0 N–H and O–H groups in total. The van der Waals surface area contributed by atoms with Crippen LogP contribution in [0.25, 0.3) is 43.8 Å². The molecule has 0 fully saturated rings. The van der Waals surface area contributed by atoms with E-state index in [9.17, 15) is 0 Å². The molecule has 0 bridgehead atoms. The van der Waals surface area contributed by atoms with Crippen LogP contribution < -0.4 is 0 Å². The second kappa shape index (κ2) is 23.0. The number of hydrogen-bond acceptors (Lipinski definition) is 2. The second-order valence-corrected chi connectivity index (χ2v) is 11.3. The van der Waals surface area contributed by atoms with Gasteiger partial charge in [0.2, 0.25) is 0 Å². The standard InChI is InChI=1S/C34H33N2O.3C2H6N.Hf/c1-23(2)28-21-14-22-29(24(3)4)32(28)35-31(26-17-10-6-11-18-26)34-36-30(25-15-8-5-9-16-25)33(37-34)27-19-12-7-13-20-27;3*1-3-2;/h5-24,31H,1-4H3;3*1-2H3;/q4*-1;+4. The van der Waals surface area contributed by atoms with Gasteiger partial charge >= 0.3 is 25.8 Å². The third-order valence-corrected chi connectivity index (χ3v) is 6.68. The van der Waals surface area contributed by atoms with E-state index in [4.69, 9.17) is 14.7 Å². The van der Waals surface area contributed by atoms with Crippen molar-refractivity contribution in [3.05, 3.63) is 153 Å². The van der Waals surface area contributed by atoms with Crippen molar-refractivity contribution in [2.45, 2.75) is 45.6 Å². The minimum atomic E-state index is -0.376. The minimum absolute atomic E-state index is 0. The van der Waals surface area contributed by atoms with Crippen LogP contribution in [0.2, 0.25) is 0 Å². The molecule has 1 heterocycles. The van der Waals surface area contributed by atoms with Crippen LogP contribution in [-0.2, 0) is 25.8 Å². The molecule has 7 heteroatoms. The number of hydrogen-bond donors (Lipinski definition) is 0. The van der Waals surface area contributed by atoms with E-state index in [1.54, 1.807) is 42.3 Å². The Bertz CT molecular complexity index is 1420. The van der Waals surface area contributed by atoms with Gasteiger partial charge in [-0.25, -0.2) is 4.98 Å². The van der Waals surface area contributed by atoms with Crippen LogP contribution in [-0.4, -0.2) is 47.3 Å². The maximum Gasteiger partial charge on any atom is 4.00 e. The average Bonchev–Trinajstić information content (AvgIpc) is 3.51. The van der Waals surface area contributed by atoms with Gasteiger partial charge < -0.3 is 25.7 Å². The summed E-state index contributed by atoms with van der Waals surface area (Å²) in [5, 5.41) is 15.9. The molecular formula is C40H51HfN5O. The Hall–Kier alpha value is -3.36. The van der Waals surface area contributed by atoms with Crippen LogP contribution >= 0.6 is 0 Å². The summed E-state index contributed by atoms with van der Waals surface area (Å²) < 4.78 is 6.64. The Morgan fingerprint density at radius 2 is 0.936 bits per heavy atom. The molecule has 246 valence electrons. The maximum absolute atomic E-state index is 6.64. The van der Waals surface area contributed by atoms with Crippen LogP contribution in [0.1, 0.15) is 68.2 Å². The molecule has 1 aromatic heterocycles. The number of oxazole rings is 1. The van der Waals surface area contributed by atoms with Gasteiger partial charge in [-0.1, -0.05) is 154 Å². The molecule has 0 aliphatic heterocycles. The molecule has 5 rings (SSSR count). The van der Waals surface area contributed by atoms with Crippen molar-refractivity contribution >= 4 is 5.69 Å². The largest absolute Gasteiger partial charge is 4.00 e. The molecule has 0 aliphatic carbocycles. The third-order valence-electron chi connectivity index (χ3n) is 6.68. The van der Waals surface area contributed by atoms with Crippen LogP contribution in [0.15, 0.2) is 114 Å². The van der Waals surface area contributed by atoms with E-state index in [1.807, 2.05) is 42.5 Å². The van der Waals surface area contributed by atoms with E-state index in [0.29, 0.717) is 17.7 Å². The first-order valence-corrected chi connectivity index (χ1v) is 15.7. The van der Waals surface area contributed by atoms with Crippen LogP contribution in [0.3, 0.4) is 0 Å². The van der Waals surface area contributed by atoms with Crippen molar-refractivity contribution in [1.29, 1.82) is 0 Å². The van der Waals surface area contributed by atoms with Crippen LogP contribution in [0, 0.1) is 0 Å². The van der Waals surface area contributed by atoms with Gasteiger partial charge in [-0.3, -0.25) is 0 Å². The number of benzene rings is 4. The Morgan fingerprint density at radius 1 is 0.532 bits per heavy atom. The summed E-state index contributed by atoms with van der Waals surface area (Å²) in [6, 6.07) is 36.9. The summed E-state index contributed by atoms with van der Waals surface area (Å²) in [7, 11) is 10.5. The van der Waals surface area contributed by atoms with E-state index in [1.165, 1.54) is 11.1 Å². The average molecular weight is 796 g/mol. The summed E-state index contributed by atoms with van der Waals surface area (Å²) in [6.07, 6.45) is 0. The Balaban J connectivity index is 0.000000996. The normalized spacial score (nSPS) is 10.7. The fourth-order valence-corrected chi connectivity index (χ4v) is 4.73. The predicted molar refractivity (Wildman–Crippen MR) is 199 cm³/mol. The third kappa shape index (κ3) is 12.6. The van der Waals surface area contributed by atoms with E-state index in [0.717, 1.165) is 33.8 Å². The van der Waals surface area contributed by atoms with Gasteiger partial charge in [0.1, 0.15) is 5.69 Å². The number of nitrogens with zero attached hydrogens (tertiary/aromatic N) is 5. The van der Waals surface area contributed by atoms with Crippen molar-refractivity contribution < 1.29 is 30.3 Å². The predicted octanol–water partition coefficient (Wildman–Crippen LogP) is 11.9. The van der Waals surface area contributed by atoms with Gasteiger partial charge in [-0.15, -0.1) is 5.69 Å². The second-order valence-electron chi connectivity index (χ2n) is 11.3. The molecule has 1 atom stereocenters. The quantitative estimate of drug-likeness (QED) is 0.147. The molecule has 5 aromatic rings. The number of para-hydroxylation sites is 1. The molecule has 1 unspecified atom stereocenters. The first-order chi connectivity index (χ1) is 22.3. The van der Waals surface area contributed by atoms with Crippen molar-refractivity contribution in [2.75, 3.05) is 42.3 Å². The van der Waals surface area contributed by atoms with E-state index in [-0.39, 0.29) is 31.9 Å². The minimum Gasteiger partial charge on any atom is -0.670 e. The maximum atomic E-state index is 6.64. The summed E-state index contributed by atoms with van der Waals surface area (Å²) in [5.41, 5.74) is 7.43. The fourth-order valence-electron chi connectivity index (χ4n) is 4.73. The van der Waals surface area contributed by atoms with E-state index >= 15 is 0 Å². The Labute approximate surface area is 303 Å². The van der Waals surface area contributed by atoms with E-state index in [2.05, 4.69) is 110 Å². The first-order valence-electron chi connectivity index (χ1n) is 15.7.